The molecule has 11 nitrogen and oxygen atoms in total. The Bertz CT molecular complexity index is 1290. The van der Waals surface area contributed by atoms with Crippen molar-refractivity contribution in [2.75, 3.05) is 41.4 Å². The third-order valence-electron chi connectivity index (χ3n) is 9.23. The summed E-state index contributed by atoms with van der Waals surface area (Å²) in [4.78, 5) is 45.5. The van der Waals surface area contributed by atoms with Gasteiger partial charge in [0.25, 0.3) is 0 Å². The van der Waals surface area contributed by atoms with Crippen molar-refractivity contribution in [3.05, 3.63) is 52.5 Å². The maximum Gasteiger partial charge on any atom is 0.242 e. The van der Waals surface area contributed by atoms with Crippen molar-refractivity contribution in [2.24, 2.45) is 11.8 Å². The van der Waals surface area contributed by atoms with Crippen LogP contribution in [0, 0.1) is 18.8 Å². The van der Waals surface area contributed by atoms with Gasteiger partial charge in [0.2, 0.25) is 18.2 Å². The quantitative estimate of drug-likeness (QED) is 0.127. The first-order valence-corrected chi connectivity index (χ1v) is 20.5. The number of hydrogen-bond donors (Lipinski definition) is 3. The number of likely N-dealkylation sites (N-methyl/N-ethyl adjacent to an activating group) is 1. The van der Waals surface area contributed by atoms with E-state index in [9.17, 15) is 14.4 Å². The van der Waals surface area contributed by atoms with Crippen molar-refractivity contribution in [2.45, 2.75) is 131 Å². The summed E-state index contributed by atoms with van der Waals surface area (Å²) in [5.41, 5.74) is 1.61. The molecule has 0 radical (unpaired) electrons. The smallest absolute Gasteiger partial charge is 0.242 e. The lowest BCUT2D eigenvalue weighted by molar-refractivity contribution is -0.144. The standard InChI is InChI=1S/C26H43N5O5S2.C7H8.C5H13N.C3H8/c1-7-17(2)24(30(4)23(34)15-27-16-32)20(35-5)13-22(33)31-11-8-9-19(31)25(36-6)18(3)26(37)29-14-21-28-10-12-38-21;1-7-5-3-2-4-6-7;1-5(2,3)6-4;1-3-2/h10,12,16-20,24-25H,7-9,11,13-15H2,1-6H3,(H,27,32)(H,29,37);2-6H,1H3;6H,1-4H3;3H2,1-2H3. The lowest BCUT2D eigenvalue weighted by Gasteiger charge is -2.39. The van der Waals surface area contributed by atoms with Crippen LogP contribution in [0.5, 0.6) is 0 Å². The van der Waals surface area contributed by atoms with Crippen LogP contribution in [0.3, 0.4) is 0 Å². The summed E-state index contributed by atoms with van der Waals surface area (Å²) in [6.45, 7) is 19.9. The number of ether oxygens (including phenoxy) is 2. The van der Waals surface area contributed by atoms with Crippen molar-refractivity contribution in [1.29, 1.82) is 0 Å². The Hall–Kier alpha value is -2.97. The van der Waals surface area contributed by atoms with Gasteiger partial charge >= 0.3 is 0 Å². The minimum absolute atomic E-state index is 0.0320. The van der Waals surface area contributed by atoms with Crippen LogP contribution in [-0.2, 0) is 30.4 Å². The third-order valence-corrected chi connectivity index (χ3v) is 10.5. The van der Waals surface area contributed by atoms with Gasteiger partial charge in [0.15, 0.2) is 0 Å². The maximum atomic E-state index is 13.7. The highest BCUT2D eigenvalue weighted by atomic mass is 32.1. The summed E-state index contributed by atoms with van der Waals surface area (Å²) in [5, 5.41) is 11.7. The Morgan fingerprint density at radius 2 is 1.74 bits per heavy atom. The number of methoxy groups -OCH3 is 2. The van der Waals surface area contributed by atoms with Crippen LogP contribution in [0.15, 0.2) is 41.9 Å². The Kier molecular flexibility index (Phi) is 26.9. The van der Waals surface area contributed by atoms with Crippen LogP contribution in [0.1, 0.15) is 98.1 Å². The van der Waals surface area contributed by atoms with Crippen molar-refractivity contribution >= 4 is 46.8 Å². The van der Waals surface area contributed by atoms with Crippen LogP contribution < -0.4 is 16.0 Å². The molecule has 1 saturated heterocycles. The Balaban J connectivity index is 0.00000145. The van der Waals surface area contributed by atoms with Gasteiger partial charge in [-0.1, -0.05) is 95.6 Å². The van der Waals surface area contributed by atoms with Crippen LogP contribution >= 0.6 is 23.6 Å². The van der Waals surface area contributed by atoms with Gasteiger partial charge in [0.1, 0.15) is 5.01 Å². The first-order chi connectivity index (χ1) is 25.6. The summed E-state index contributed by atoms with van der Waals surface area (Å²) in [6, 6.07) is 9.83. The number of amides is 3. The van der Waals surface area contributed by atoms with Gasteiger partial charge in [0, 0.05) is 50.8 Å². The molecule has 3 N–H and O–H groups in total. The van der Waals surface area contributed by atoms with E-state index in [2.05, 4.69) is 74.6 Å². The van der Waals surface area contributed by atoms with E-state index >= 15 is 0 Å². The van der Waals surface area contributed by atoms with Gasteiger partial charge in [-0.3, -0.25) is 14.4 Å². The number of rotatable bonds is 16. The molecule has 1 aromatic heterocycles. The molecule has 0 saturated carbocycles. The highest BCUT2D eigenvalue weighted by Crippen LogP contribution is 2.29. The average molecular weight is 793 g/mol. The summed E-state index contributed by atoms with van der Waals surface area (Å²) in [7, 11) is 6.89. The van der Waals surface area contributed by atoms with Crippen LogP contribution in [0.2, 0.25) is 0 Å². The lowest BCUT2D eigenvalue weighted by Crippen LogP contribution is -2.54. The fraction of sp³-hybridized carbons (Fsp3) is 0.683. The van der Waals surface area contributed by atoms with Crippen molar-refractivity contribution in [1.82, 2.24) is 30.7 Å². The highest BCUT2D eigenvalue weighted by Gasteiger charge is 2.41. The molecule has 2 aromatic rings. The fourth-order valence-electron chi connectivity index (χ4n) is 5.78. The highest BCUT2D eigenvalue weighted by molar-refractivity contribution is 7.80. The minimum Gasteiger partial charge on any atom is -0.379 e. The number of thiazole rings is 1. The van der Waals surface area contributed by atoms with Crippen molar-refractivity contribution in [3.8, 4) is 0 Å². The number of nitrogens with zero attached hydrogens (tertiary/aromatic N) is 3. The fourth-order valence-corrected chi connectivity index (χ4v) is 6.54. The van der Waals surface area contributed by atoms with Crippen LogP contribution in [-0.4, -0.2) is 109 Å². The molecular formula is C41H72N6O5S2. The first kappa shape index (κ1) is 51.0. The molecule has 1 aliphatic rings. The number of aryl methyl sites for hydroxylation is 1. The topological polar surface area (TPSA) is 125 Å². The van der Waals surface area contributed by atoms with Crippen LogP contribution in [0.4, 0.5) is 0 Å². The SMILES string of the molecule is CCC.CCC(C)C(C(CC(=O)N1CCCC1C(OC)C(C)C(=S)NCc1nccs1)OC)N(C)C(=O)CNC=O.CNC(C)(C)C.Cc1ccccc1. The van der Waals surface area contributed by atoms with Gasteiger partial charge in [-0.15, -0.1) is 11.3 Å². The predicted molar refractivity (Wildman–Crippen MR) is 228 cm³/mol. The lowest BCUT2D eigenvalue weighted by atomic mass is 9.90. The van der Waals surface area contributed by atoms with Gasteiger partial charge in [-0.05, 0) is 53.5 Å². The molecule has 3 amide bonds. The molecular weight excluding hydrogens is 721 g/mol. The summed E-state index contributed by atoms with van der Waals surface area (Å²) in [5.74, 6) is -0.285. The van der Waals surface area contributed by atoms with Crippen LogP contribution in [0.25, 0.3) is 0 Å². The molecule has 0 aliphatic carbocycles. The normalized spacial score (nSPS) is 16.3. The van der Waals surface area contributed by atoms with Gasteiger partial charge < -0.3 is 35.2 Å². The molecule has 13 heteroatoms. The number of aromatic nitrogens is 1. The van der Waals surface area contributed by atoms with E-state index in [1.807, 2.05) is 56.3 Å². The van der Waals surface area contributed by atoms with E-state index in [1.165, 1.54) is 12.0 Å². The Labute approximate surface area is 336 Å². The van der Waals surface area contributed by atoms with Gasteiger partial charge in [0.05, 0.1) is 48.8 Å². The minimum atomic E-state index is -0.497. The second-order valence-electron chi connectivity index (χ2n) is 14.6. The van der Waals surface area contributed by atoms with E-state index in [0.717, 1.165) is 24.3 Å². The number of nitrogens with one attached hydrogen (secondary N) is 3. The summed E-state index contributed by atoms with van der Waals surface area (Å²) < 4.78 is 11.7. The Morgan fingerprint density at radius 1 is 1.13 bits per heavy atom. The zero-order valence-corrected chi connectivity index (χ0v) is 37.1. The molecule has 1 fully saturated rings. The average Bonchev–Trinajstić information content (AvgIpc) is 3.86. The zero-order chi connectivity index (χ0) is 41.3. The molecule has 0 spiro atoms. The molecule has 6 unspecified atom stereocenters. The molecule has 0 bridgehead atoms. The Morgan fingerprint density at radius 3 is 2.19 bits per heavy atom. The van der Waals surface area contributed by atoms with Crippen molar-refractivity contribution in [3.63, 3.8) is 0 Å². The molecule has 6 atom stereocenters. The van der Waals surface area contributed by atoms with Gasteiger partial charge in [-0.2, -0.15) is 0 Å². The summed E-state index contributed by atoms with van der Waals surface area (Å²) >= 11 is 7.25. The molecule has 54 heavy (non-hydrogen) atoms. The van der Waals surface area contributed by atoms with E-state index in [0.29, 0.717) is 30.0 Å². The van der Waals surface area contributed by atoms with E-state index in [4.69, 9.17) is 21.7 Å². The molecule has 1 aromatic carbocycles. The molecule has 2 heterocycles. The van der Waals surface area contributed by atoms with E-state index in [-0.39, 0.29) is 54.8 Å². The maximum absolute atomic E-state index is 13.7. The molecule has 308 valence electrons. The largest absolute Gasteiger partial charge is 0.379 e. The van der Waals surface area contributed by atoms with Gasteiger partial charge in [-0.25, -0.2) is 4.98 Å². The number of thiocarbonyl (C=S) groups is 1. The predicted octanol–water partition coefficient (Wildman–Crippen LogP) is 6.64. The molecule has 1 aliphatic heterocycles. The number of carbonyl (C=O) groups is 3. The number of benzene rings is 1. The second kappa shape index (κ2) is 28.4. The first-order valence-electron chi connectivity index (χ1n) is 19.2. The van der Waals surface area contributed by atoms with E-state index in [1.54, 1.807) is 43.7 Å². The zero-order valence-electron chi connectivity index (χ0n) is 35.4. The summed E-state index contributed by atoms with van der Waals surface area (Å²) in [6.07, 6.45) is 5.41. The van der Waals surface area contributed by atoms with Crippen molar-refractivity contribution < 1.29 is 23.9 Å². The molecule has 3 rings (SSSR count). The number of carbonyl (C=O) groups excluding carboxylic acids is 3. The number of hydrogen-bond acceptors (Lipinski definition) is 9. The second-order valence-corrected chi connectivity index (χ2v) is 16.1. The van der Waals surface area contributed by atoms with E-state index < -0.39 is 6.10 Å². The number of likely N-dealkylation sites (tertiary alicyclic amines) is 1. The third kappa shape index (κ3) is 19.6. The monoisotopic (exact) mass is 793 g/mol.